The van der Waals surface area contributed by atoms with Gasteiger partial charge in [-0.3, -0.25) is 4.79 Å². The predicted octanol–water partition coefficient (Wildman–Crippen LogP) is 1.45. The van der Waals surface area contributed by atoms with E-state index in [1.54, 1.807) is 28.4 Å². The number of carbonyl (C=O) groups excluding carboxylic acids is 1. The van der Waals surface area contributed by atoms with Crippen molar-refractivity contribution in [3.8, 4) is 0 Å². The van der Waals surface area contributed by atoms with Gasteiger partial charge in [0.1, 0.15) is 5.37 Å². The lowest BCUT2D eigenvalue weighted by Crippen LogP contribution is -2.59. The van der Waals surface area contributed by atoms with E-state index in [4.69, 9.17) is 0 Å². The van der Waals surface area contributed by atoms with Crippen LogP contribution in [0.3, 0.4) is 0 Å². The maximum atomic E-state index is 11.6. The molecule has 1 fully saturated rings. The number of amides is 1. The van der Waals surface area contributed by atoms with Crippen molar-refractivity contribution in [2.45, 2.75) is 24.8 Å². The van der Waals surface area contributed by atoms with Crippen molar-refractivity contribution in [2.75, 3.05) is 6.26 Å². The van der Waals surface area contributed by atoms with Crippen molar-refractivity contribution in [3.05, 3.63) is 10.4 Å². The third kappa shape index (κ3) is 1.38. The van der Waals surface area contributed by atoms with Crippen LogP contribution in [0.4, 0.5) is 0 Å². The third-order valence-electron chi connectivity index (χ3n) is 2.64. The van der Waals surface area contributed by atoms with E-state index in [2.05, 4.69) is 0 Å². The number of aliphatic hydroxyl groups excluding tert-OH is 1. The first-order valence-electron chi connectivity index (χ1n) is 4.61. The first-order valence-corrected chi connectivity index (χ1v) is 6.72. The first kappa shape index (κ1) is 10.4. The second kappa shape index (κ2) is 3.79. The fraction of sp³-hybridized carbons (Fsp3) is 0.667. The molecule has 2 heterocycles. The molecule has 0 aliphatic carbocycles. The van der Waals surface area contributed by atoms with Crippen LogP contribution in [0.1, 0.15) is 13.3 Å². The number of thioether (sulfide) groups is 2. The Morgan fingerprint density at radius 1 is 1.79 bits per heavy atom. The monoisotopic (exact) mass is 231 g/mol. The highest BCUT2D eigenvalue weighted by Crippen LogP contribution is 2.49. The topological polar surface area (TPSA) is 40.5 Å². The summed E-state index contributed by atoms with van der Waals surface area (Å²) in [4.78, 5) is 13.3. The Balaban J connectivity index is 2.06. The number of β-lactam (4-membered cyclic amide) rings is 1. The summed E-state index contributed by atoms with van der Waals surface area (Å²) in [6, 6.07) is 0. The molecule has 2 aliphatic rings. The van der Waals surface area contributed by atoms with Gasteiger partial charge in [0, 0.05) is 6.20 Å². The Labute approximate surface area is 91.9 Å². The third-order valence-corrected chi connectivity index (χ3v) is 5.03. The van der Waals surface area contributed by atoms with E-state index in [-0.39, 0.29) is 17.2 Å². The number of aliphatic hydroxyl groups is 1. The van der Waals surface area contributed by atoms with Crippen molar-refractivity contribution in [2.24, 2.45) is 5.92 Å². The Morgan fingerprint density at radius 3 is 3.07 bits per heavy atom. The number of fused-ring (bicyclic) bond motifs is 1. The van der Waals surface area contributed by atoms with Crippen LogP contribution in [0.15, 0.2) is 10.4 Å². The molecule has 0 spiro atoms. The summed E-state index contributed by atoms with van der Waals surface area (Å²) >= 11 is 3.34. The van der Waals surface area contributed by atoms with Crippen molar-refractivity contribution >= 4 is 29.4 Å². The number of carbonyl (C=O) groups is 1. The van der Waals surface area contributed by atoms with Gasteiger partial charge in [0.25, 0.3) is 0 Å². The number of hydrogen-bond donors (Lipinski definition) is 1. The van der Waals surface area contributed by atoms with E-state index >= 15 is 0 Å². The zero-order valence-electron chi connectivity index (χ0n) is 8.14. The minimum Gasteiger partial charge on any atom is -0.392 e. The van der Waals surface area contributed by atoms with Gasteiger partial charge in [-0.25, -0.2) is 0 Å². The van der Waals surface area contributed by atoms with Crippen LogP contribution >= 0.6 is 23.5 Å². The van der Waals surface area contributed by atoms with E-state index in [0.717, 1.165) is 4.24 Å². The summed E-state index contributed by atoms with van der Waals surface area (Å²) in [5.74, 6) is -0.119. The highest BCUT2D eigenvalue weighted by atomic mass is 32.2. The second-order valence-corrected chi connectivity index (χ2v) is 5.67. The molecule has 0 saturated carbocycles. The molecule has 0 aromatic heterocycles. The summed E-state index contributed by atoms with van der Waals surface area (Å²) in [5.41, 5.74) is 0. The average Bonchev–Trinajstić information content (AvgIpc) is 2.57. The molecule has 3 nitrogen and oxygen atoms in total. The van der Waals surface area contributed by atoms with Gasteiger partial charge in [-0.2, -0.15) is 0 Å². The normalized spacial score (nSPS) is 32.4. The zero-order valence-corrected chi connectivity index (χ0v) is 9.77. The van der Waals surface area contributed by atoms with Gasteiger partial charge in [0.15, 0.2) is 0 Å². The van der Waals surface area contributed by atoms with Crippen LogP contribution in [0.25, 0.3) is 0 Å². The first-order chi connectivity index (χ1) is 6.69. The average molecular weight is 231 g/mol. The van der Waals surface area contributed by atoms with Crippen molar-refractivity contribution in [1.82, 2.24) is 4.90 Å². The van der Waals surface area contributed by atoms with Crippen molar-refractivity contribution < 1.29 is 9.90 Å². The standard InChI is InChI=1S/C9H13NO2S2/c1-3-5(11)7-8(12)10-4-6(13-2)14-9(7)10/h4-5,7,9,11H,3H2,1-2H3/t5-,7+,9+/m0/s1. The lowest BCUT2D eigenvalue weighted by molar-refractivity contribution is -0.152. The molecule has 0 aromatic carbocycles. The molecule has 78 valence electrons. The molecule has 1 N–H and O–H groups in total. The van der Waals surface area contributed by atoms with E-state index in [0.29, 0.717) is 6.42 Å². The maximum absolute atomic E-state index is 11.6. The van der Waals surface area contributed by atoms with Crippen LogP contribution in [-0.2, 0) is 4.79 Å². The predicted molar refractivity (Wildman–Crippen MR) is 59.6 cm³/mol. The van der Waals surface area contributed by atoms with Gasteiger partial charge in [0.05, 0.1) is 16.3 Å². The Hall–Kier alpha value is -0.130. The maximum Gasteiger partial charge on any atom is 0.236 e. The fourth-order valence-electron chi connectivity index (χ4n) is 1.75. The van der Waals surface area contributed by atoms with E-state index < -0.39 is 6.10 Å². The molecule has 3 atom stereocenters. The van der Waals surface area contributed by atoms with Crippen molar-refractivity contribution in [3.63, 3.8) is 0 Å². The molecule has 1 amide bonds. The van der Waals surface area contributed by atoms with Gasteiger partial charge < -0.3 is 10.0 Å². The molecule has 0 bridgehead atoms. The molecule has 2 aliphatic heterocycles. The number of hydrogen-bond acceptors (Lipinski definition) is 4. The molecule has 0 aromatic rings. The number of nitrogens with zero attached hydrogens (tertiary/aromatic N) is 1. The highest BCUT2D eigenvalue weighted by molar-refractivity contribution is 8.22. The lowest BCUT2D eigenvalue weighted by atomic mass is 9.91. The second-order valence-electron chi connectivity index (χ2n) is 3.41. The van der Waals surface area contributed by atoms with Crippen LogP contribution < -0.4 is 0 Å². The Kier molecular flexibility index (Phi) is 2.81. The number of rotatable bonds is 3. The van der Waals surface area contributed by atoms with Gasteiger partial charge in [-0.1, -0.05) is 18.7 Å². The SMILES string of the molecule is CC[C@H](O)[C@@H]1C(=O)N2C=C(SC)S[C@H]12. The van der Waals surface area contributed by atoms with E-state index in [1.165, 1.54) is 0 Å². The van der Waals surface area contributed by atoms with Gasteiger partial charge in [-0.05, 0) is 12.7 Å². The smallest absolute Gasteiger partial charge is 0.236 e. The van der Waals surface area contributed by atoms with E-state index in [1.807, 2.05) is 19.4 Å². The summed E-state index contributed by atoms with van der Waals surface area (Å²) in [6.45, 7) is 1.91. The Bertz CT molecular complexity index is 293. The van der Waals surface area contributed by atoms with Gasteiger partial charge >= 0.3 is 0 Å². The zero-order chi connectivity index (χ0) is 10.3. The summed E-state index contributed by atoms with van der Waals surface area (Å²) < 4.78 is 1.16. The van der Waals surface area contributed by atoms with Crippen molar-refractivity contribution in [1.29, 1.82) is 0 Å². The largest absolute Gasteiger partial charge is 0.392 e. The van der Waals surface area contributed by atoms with E-state index in [9.17, 15) is 9.90 Å². The fourth-order valence-corrected chi connectivity index (χ4v) is 3.78. The summed E-state index contributed by atoms with van der Waals surface area (Å²) in [5, 5.41) is 9.82. The van der Waals surface area contributed by atoms with Crippen LogP contribution in [-0.4, -0.2) is 33.6 Å². The molecular weight excluding hydrogens is 218 g/mol. The van der Waals surface area contributed by atoms with Gasteiger partial charge in [0.2, 0.25) is 5.91 Å². The van der Waals surface area contributed by atoms with Gasteiger partial charge in [-0.15, -0.1) is 11.8 Å². The Morgan fingerprint density at radius 2 is 2.50 bits per heavy atom. The molecular formula is C9H13NO2S2. The highest BCUT2D eigenvalue weighted by Gasteiger charge is 2.53. The molecule has 0 radical (unpaired) electrons. The molecule has 14 heavy (non-hydrogen) atoms. The lowest BCUT2D eigenvalue weighted by Gasteiger charge is -2.42. The van der Waals surface area contributed by atoms with Crippen LogP contribution in [0, 0.1) is 5.92 Å². The molecule has 5 heteroatoms. The van der Waals surface area contributed by atoms with Crippen LogP contribution in [0.2, 0.25) is 0 Å². The quantitative estimate of drug-likeness (QED) is 0.746. The minimum absolute atomic E-state index is 0.0703. The summed E-state index contributed by atoms with van der Waals surface area (Å²) in [7, 11) is 0. The molecule has 1 saturated heterocycles. The van der Waals surface area contributed by atoms with Crippen LogP contribution in [0.5, 0.6) is 0 Å². The molecule has 0 unspecified atom stereocenters. The minimum atomic E-state index is -0.481. The molecule has 2 rings (SSSR count). The summed E-state index contributed by atoms with van der Waals surface area (Å²) in [6.07, 6.45) is 4.06.